The highest BCUT2D eigenvalue weighted by Crippen LogP contribution is 2.07. The van der Waals surface area contributed by atoms with Gasteiger partial charge in [-0.1, -0.05) is 13.8 Å². The molecule has 1 aliphatic heterocycles. The molecular formula is C15H24N4O6. The lowest BCUT2D eigenvalue weighted by Gasteiger charge is -2.24. The molecule has 25 heavy (non-hydrogen) atoms. The zero-order valence-electron chi connectivity index (χ0n) is 14.2. The summed E-state index contributed by atoms with van der Waals surface area (Å²) in [5.74, 6) is -5.26. The van der Waals surface area contributed by atoms with Gasteiger partial charge in [0.15, 0.2) is 0 Å². The van der Waals surface area contributed by atoms with Crippen molar-refractivity contribution in [2.75, 3.05) is 6.54 Å². The lowest BCUT2D eigenvalue weighted by Crippen LogP contribution is -2.57. The van der Waals surface area contributed by atoms with Crippen LogP contribution in [0.15, 0.2) is 0 Å². The van der Waals surface area contributed by atoms with Crippen LogP contribution < -0.4 is 21.7 Å². The van der Waals surface area contributed by atoms with Crippen LogP contribution in [0.5, 0.6) is 0 Å². The summed E-state index contributed by atoms with van der Waals surface area (Å²) in [7, 11) is 0. The first-order valence-corrected chi connectivity index (χ1v) is 8.03. The molecule has 3 amide bonds. The molecule has 1 saturated heterocycles. The zero-order chi connectivity index (χ0) is 19.1. The Bertz CT molecular complexity index is 556. The van der Waals surface area contributed by atoms with Gasteiger partial charge in [-0.2, -0.15) is 0 Å². The highest BCUT2D eigenvalue weighted by molar-refractivity contribution is 6.38. The summed E-state index contributed by atoms with van der Waals surface area (Å²) < 4.78 is 0. The molecule has 140 valence electrons. The van der Waals surface area contributed by atoms with Crippen LogP contribution >= 0.6 is 0 Å². The minimum atomic E-state index is -1.37. The first-order valence-electron chi connectivity index (χ1n) is 8.03. The van der Waals surface area contributed by atoms with E-state index in [-0.39, 0.29) is 0 Å². The fourth-order valence-corrected chi connectivity index (χ4v) is 2.51. The summed E-state index contributed by atoms with van der Waals surface area (Å²) in [6, 6.07) is -3.05. The number of hydrogen-bond donors (Lipinski definition) is 5. The summed E-state index contributed by atoms with van der Waals surface area (Å²) >= 11 is 0. The molecule has 0 aliphatic carbocycles. The van der Waals surface area contributed by atoms with Crippen LogP contribution in [0.4, 0.5) is 0 Å². The van der Waals surface area contributed by atoms with Crippen LogP contribution in [0.2, 0.25) is 0 Å². The third kappa shape index (κ3) is 6.14. The van der Waals surface area contributed by atoms with Gasteiger partial charge in [0.05, 0.1) is 18.5 Å². The van der Waals surface area contributed by atoms with E-state index in [1.54, 1.807) is 13.8 Å². The van der Waals surface area contributed by atoms with Crippen molar-refractivity contribution < 1.29 is 29.1 Å². The smallest absolute Gasteiger partial charge is 0.305 e. The van der Waals surface area contributed by atoms with E-state index in [0.717, 1.165) is 6.42 Å². The number of carbonyl (C=O) groups excluding carboxylic acids is 4. The topological polar surface area (TPSA) is 168 Å². The maximum atomic E-state index is 12.4. The standard InChI is InChI=1S/C15H24N4O6/c1-7(2)11(12(22)13(16)23)19-15(25)9(6-10(20)21)18-14(24)8-4-3-5-17-8/h7-9,11,17H,3-6H2,1-2H3,(H2,16,23)(H,18,24)(H,19,25)(H,20,21)/t8-,9-,11-/m0/s1. The first kappa shape index (κ1) is 20.6. The number of carboxylic acid groups (broad SMARTS) is 1. The van der Waals surface area contributed by atoms with Gasteiger partial charge < -0.3 is 26.8 Å². The molecule has 0 radical (unpaired) electrons. The van der Waals surface area contributed by atoms with Crippen molar-refractivity contribution in [3.8, 4) is 0 Å². The Morgan fingerprint density at radius 3 is 2.28 bits per heavy atom. The second-order valence-corrected chi connectivity index (χ2v) is 6.27. The van der Waals surface area contributed by atoms with E-state index in [4.69, 9.17) is 10.8 Å². The number of nitrogens with two attached hydrogens (primary N) is 1. The van der Waals surface area contributed by atoms with Gasteiger partial charge >= 0.3 is 5.97 Å². The van der Waals surface area contributed by atoms with Crippen LogP contribution in [-0.4, -0.2) is 59.3 Å². The Balaban J connectivity index is 2.83. The van der Waals surface area contributed by atoms with Crippen molar-refractivity contribution in [1.29, 1.82) is 0 Å². The van der Waals surface area contributed by atoms with Gasteiger partial charge in [0.1, 0.15) is 6.04 Å². The van der Waals surface area contributed by atoms with Crippen LogP contribution in [0.25, 0.3) is 0 Å². The van der Waals surface area contributed by atoms with E-state index in [2.05, 4.69) is 16.0 Å². The Morgan fingerprint density at radius 1 is 1.20 bits per heavy atom. The lowest BCUT2D eigenvalue weighted by molar-refractivity contribution is -0.142. The number of hydrogen-bond acceptors (Lipinski definition) is 6. The number of carbonyl (C=O) groups is 5. The molecule has 0 aromatic heterocycles. The highest BCUT2D eigenvalue weighted by Gasteiger charge is 2.33. The number of rotatable bonds is 9. The molecule has 1 fully saturated rings. The molecule has 10 heteroatoms. The summed E-state index contributed by atoms with van der Waals surface area (Å²) in [6.45, 7) is 3.86. The SMILES string of the molecule is CC(C)[C@H](NC(=O)[C@H](CC(=O)O)NC(=O)[C@@H]1CCCN1)C(=O)C(N)=O. The third-order valence-electron chi connectivity index (χ3n) is 3.88. The maximum Gasteiger partial charge on any atom is 0.305 e. The molecular weight excluding hydrogens is 332 g/mol. The number of amides is 3. The molecule has 6 N–H and O–H groups in total. The molecule has 0 bridgehead atoms. The second-order valence-electron chi connectivity index (χ2n) is 6.27. The van der Waals surface area contributed by atoms with E-state index >= 15 is 0 Å². The van der Waals surface area contributed by atoms with Gasteiger partial charge in [0, 0.05) is 0 Å². The van der Waals surface area contributed by atoms with E-state index in [0.29, 0.717) is 13.0 Å². The van der Waals surface area contributed by atoms with Gasteiger partial charge in [0.2, 0.25) is 17.6 Å². The fraction of sp³-hybridized carbons (Fsp3) is 0.667. The molecule has 0 aromatic rings. The highest BCUT2D eigenvalue weighted by atomic mass is 16.4. The van der Waals surface area contributed by atoms with Crippen molar-refractivity contribution in [3.63, 3.8) is 0 Å². The molecule has 0 aromatic carbocycles. The predicted octanol–water partition coefficient (Wildman–Crippen LogP) is -2.11. The van der Waals surface area contributed by atoms with Gasteiger partial charge in [-0.3, -0.25) is 24.0 Å². The number of primary amides is 1. The fourth-order valence-electron chi connectivity index (χ4n) is 2.51. The average molecular weight is 356 g/mol. The van der Waals surface area contributed by atoms with Crippen LogP contribution in [0.1, 0.15) is 33.1 Å². The molecule has 10 nitrogen and oxygen atoms in total. The van der Waals surface area contributed by atoms with E-state index in [9.17, 15) is 24.0 Å². The molecule has 0 unspecified atom stereocenters. The van der Waals surface area contributed by atoms with E-state index in [1.807, 2.05) is 0 Å². The molecule has 0 saturated carbocycles. The normalized spacial score (nSPS) is 19.1. The van der Waals surface area contributed by atoms with Crippen molar-refractivity contribution in [1.82, 2.24) is 16.0 Å². The van der Waals surface area contributed by atoms with Crippen molar-refractivity contribution in [3.05, 3.63) is 0 Å². The molecule has 1 rings (SSSR count). The largest absolute Gasteiger partial charge is 0.481 e. The number of nitrogens with one attached hydrogen (secondary N) is 3. The third-order valence-corrected chi connectivity index (χ3v) is 3.88. The van der Waals surface area contributed by atoms with Crippen molar-refractivity contribution >= 4 is 29.5 Å². The number of Topliss-reactive ketones (excluding diaryl/α,β-unsaturated/α-hetero) is 1. The van der Waals surface area contributed by atoms with Crippen LogP contribution in [-0.2, 0) is 24.0 Å². The van der Waals surface area contributed by atoms with Crippen molar-refractivity contribution in [2.45, 2.75) is 51.2 Å². The second kappa shape index (κ2) is 9.11. The molecule has 1 aliphatic rings. The predicted molar refractivity (Wildman–Crippen MR) is 86.2 cm³/mol. The van der Waals surface area contributed by atoms with E-state index in [1.165, 1.54) is 0 Å². The van der Waals surface area contributed by atoms with Gasteiger partial charge in [0.25, 0.3) is 5.91 Å². The Hall–Kier alpha value is -2.49. The number of ketones is 1. The molecule has 3 atom stereocenters. The Morgan fingerprint density at radius 2 is 1.84 bits per heavy atom. The summed E-state index contributed by atoms with van der Waals surface area (Å²) in [5, 5.41) is 16.6. The number of aliphatic carboxylic acids is 1. The summed E-state index contributed by atoms with van der Waals surface area (Å²) in [4.78, 5) is 58.3. The first-order chi connectivity index (χ1) is 11.6. The van der Waals surface area contributed by atoms with Gasteiger partial charge in [-0.15, -0.1) is 0 Å². The average Bonchev–Trinajstić information content (AvgIpc) is 3.04. The van der Waals surface area contributed by atoms with Gasteiger partial charge in [-0.25, -0.2) is 0 Å². The van der Waals surface area contributed by atoms with Crippen molar-refractivity contribution in [2.24, 2.45) is 11.7 Å². The summed E-state index contributed by atoms with van der Waals surface area (Å²) in [6.07, 6.45) is 0.734. The quantitative estimate of drug-likeness (QED) is 0.295. The Labute approximate surface area is 144 Å². The Kier molecular flexibility index (Phi) is 7.49. The van der Waals surface area contributed by atoms with Crippen LogP contribution in [0, 0.1) is 5.92 Å². The lowest BCUT2D eigenvalue weighted by atomic mass is 9.98. The number of carboxylic acids is 1. The maximum absolute atomic E-state index is 12.4. The minimum Gasteiger partial charge on any atom is -0.481 e. The van der Waals surface area contributed by atoms with E-state index < -0.39 is 59.9 Å². The summed E-state index contributed by atoms with van der Waals surface area (Å²) in [5.41, 5.74) is 4.96. The molecule has 0 spiro atoms. The monoisotopic (exact) mass is 356 g/mol. The van der Waals surface area contributed by atoms with Crippen LogP contribution in [0.3, 0.4) is 0 Å². The van der Waals surface area contributed by atoms with Gasteiger partial charge in [-0.05, 0) is 25.3 Å². The minimum absolute atomic E-state index is 0.443. The zero-order valence-corrected chi connectivity index (χ0v) is 14.2. The molecule has 1 heterocycles.